The monoisotopic (exact) mass is 424 g/mol. The number of imide groups is 2. The number of hydrogen-bond acceptors (Lipinski definition) is 4. The summed E-state index contributed by atoms with van der Waals surface area (Å²) in [7, 11) is 0. The van der Waals surface area contributed by atoms with Gasteiger partial charge in [-0.2, -0.15) is 0 Å². The summed E-state index contributed by atoms with van der Waals surface area (Å²) in [5, 5.41) is 2.94. The second-order valence-electron chi connectivity index (χ2n) is 7.38. The zero-order chi connectivity index (χ0) is 21.1. The molecule has 2 aromatic carbocycles. The van der Waals surface area contributed by atoms with E-state index in [1.54, 1.807) is 30.3 Å². The van der Waals surface area contributed by atoms with Gasteiger partial charge in [-0.15, -0.1) is 0 Å². The number of para-hydroxylation sites is 1. The number of barbiturate groups is 1. The molecule has 7 heteroatoms. The van der Waals surface area contributed by atoms with Crippen molar-refractivity contribution in [2.24, 2.45) is 0 Å². The number of halogens is 1. The van der Waals surface area contributed by atoms with E-state index in [4.69, 9.17) is 16.3 Å². The van der Waals surface area contributed by atoms with Crippen LogP contribution < -0.4 is 10.1 Å². The van der Waals surface area contributed by atoms with Crippen LogP contribution in [0.25, 0.3) is 6.08 Å². The van der Waals surface area contributed by atoms with Crippen molar-refractivity contribution in [1.82, 2.24) is 10.2 Å². The number of amides is 4. The van der Waals surface area contributed by atoms with E-state index >= 15 is 0 Å². The summed E-state index contributed by atoms with van der Waals surface area (Å²) in [6, 6.07) is 13.7. The summed E-state index contributed by atoms with van der Waals surface area (Å²) in [5.74, 6) is -0.709. The molecule has 4 amide bonds. The van der Waals surface area contributed by atoms with Crippen molar-refractivity contribution in [3.63, 3.8) is 0 Å². The lowest BCUT2D eigenvalue weighted by Crippen LogP contribution is -2.57. The third-order valence-electron chi connectivity index (χ3n) is 5.35. The summed E-state index contributed by atoms with van der Waals surface area (Å²) in [4.78, 5) is 38.8. The minimum atomic E-state index is -0.688. The predicted octanol–water partition coefficient (Wildman–Crippen LogP) is 4.32. The topological polar surface area (TPSA) is 75.7 Å². The second kappa shape index (κ2) is 8.71. The fourth-order valence-electron chi connectivity index (χ4n) is 3.79. The van der Waals surface area contributed by atoms with Gasteiger partial charge in [-0.1, -0.05) is 54.8 Å². The molecule has 4 rings (SSSR count). The number of urea groups is 1. The van der Waals surface area contributed by atoms with E-state index in [2.05, 4.69) is 5.32 Å². The van der Waals surface area contributed by atoms with Crippen molar-refractivity contribution in [2.45, 2.75) is 38.3 Å². The first-order valence-corrected chi connectivity index (χ1v) is 10.3. The van der Waals surface area contributed by atoms with E-state index in [9.17, 15) is 14.4 Å². The summed E-state index contributed by atoms with van der Waals surface area (Å²) < 4.78 is 5.91. The van der Waals surface area contributed by atoms with Crippen molar-refractivity contribution in [1.29, 1.82) is 0 Å². The van der Waals surface area contributed by atoms with Crippen LogP contribution in [0.1, 0.15) is 36.8 Å². The Morgan fingerprint density at radius 2 is 1.73 bits per heavy atom. The average Bonchev–Trinajstić information content (AvgIpc) is 3.25. The highest BCUT2D eigenvalue weighted by atomic mass is 35.5. The first kappa shape index (κ1) is 20.2. The van der Waals surface area contributed by atoms with Gasteiger partial charge in [0.05, 0.1) is 0 Å². The third-order valence-corrected chi connectivity index (χ3v) is 5.60. The quantitative estimate of drug-likeness (QED) is 0.572. The van der Waals surface area contributed by atoms with Gasteiger partial charge >= 0.3 is 6.03 Å². The van der Waals surface area contributed by atoms with E-state index in [1.165, 1.54) is 11.0 Å². The lowest BCUT2D eigenvalue weighted by Gasteiger charge is -2.31. The number of benzene rings is 2. The van der Waals surface area contributed by atoms with Crippen molar-refractivity contribution < 1.29 is 19.1 Å². The zero-order valence-electron chi connectivity index (χ0n) is 16.3. The molecule has 2 aliphatic rings. The van der Waals surface area contributed by atoms with Crippen LogP contribution in [-0.2, 0) is 16.2 Å². The van der Waals surface area contributed by atoms with Crippen molar-refractivity contribution >= 4 is 35.5 Å². The molecule has 1 aliphatic heterocycles. The molecule has 0 aromatic heterocycles. The first-order valence-electron chi connectivity index (χ1n) is 9.90. The Morgan fingerprint density at radius 3 is 2.47 bits per heavy atom. The minimum absolute atomic E-state index is 0.0657. The summed E-state index contributed by atoms with van der Waals surface area (Å²) in [6.45, 7) is 0.310. The van der Waals surface area contributed by atoms with E-state index in [0.717, 1.165) is 31.2 Å². The molecule has 0 unspecified atom stereocenters. The van der Waals surface area contributed by atoms with Crippen LogP contribution in [-0.4, -0.2) is 28.8 Å². The van der Waals surface area contributed by atoms with E-state index in [-0.39, 0.29) is 11.6 Å². The Balaban J connectivity index is 1.58. The second-order valence-corrected chi connectivity index (χ2v) is 7.82. The molecule has 154 valence electrons. The number of nitrogens with zero attached hydrogens (tertiary/aromatic N) is 1. The van der Waals surface area contributed by atoms with Gasteiger partial charge in [0.25, 0.3) is 11.8 Å². The van der Waals surface area contributed by atoms with Crippen LogP contribution in [0.15, 0.2) is 54.1 Å². The maximum Gasteiger partial charge on any atom is 0.331 e. The SMILES string of the molecule is O=C1NC(=O)N(C2CCCC2)C(=O)/C1=C/c1ccccc1OCc1ccc(Cl)cc1. The van der Waals surface area contributed by atoms with Crippen molar-refractivity contribution in [3.8, 4) is 5.75 Å². The smallest absolute Gasteiger partial charge is 0.331 e. The van der Waals surface area contributed by atoms with E-state index in [0.29, 0.717) is 22.9 Å². The number of nitrogens with one attached hydrogen (secondary N) is 1. The fraction of sp³-hybridized carbons (Fsp3) is 0.261. The number of ether oxygens (including phenoxy) is 1. The highest BCUT2D eigenvalue weighted by Crippen LogP contribution is 2.28. The van der Waals surface area contributed by atoms with Crippen LogP contribution >= 0.6 is 11.6 Å². The van der Waals surface area contributed by atoms with Gasteiger partial charge in [-0.25, -0.2) is 4.79 Å². The maximum absolute atomic E-state index is 13.0. The van der Waals surface area contributed by atoms with Crippen molar-refractivity contribution in [2.75, 3.05) is 0 Å². The molecule has 2 aromatic rings. The molecular formula is C23H21ClN2O4. The van der Waals surface area contributed by atoms with Gasteiger partial charge in [-0.05, 0) is 42.7 Å². The molecule has 6 nitrogen and oxygen atoms in total. The van der Waals surface area contributed by atoms with Gasteiger partial charge in [0.2, 0.25) is 0 Å². The maximum atomic E-state index is 13.0. The molecule has 1 N–H and O–H groups in total. The molecule has 0 radical (unpaired) electrons. The largest absolute Gasteiger partial charge is 0.488 e. The average molecular weight is 425 g/mol. The van der Waals surface area contributed by atoms with Gasteiger partial charge in [0, 0.05) is 16.6 Å². The lowest BCUT2D eigenvalue weighted by molar-refractivity contribution is -0.131. The highest BCUT2D eigenvalue weighted by Gasteiger charge is 2.40. The van der Waals surface area contributed by atoms with Gasteiger partial charge in [-0.3, -0.25) is 19.8 Å². The van der Waals surface area contributed by atoms with Gasteiger partial charge < -0.3 is 4.74 Å². The Kier molecular flexibility index (Phi) is 5.86. The molecular weight excluding hydrogens is 404 g/mol. The Labute approximate surface area is 179 Å². The number of rotatable bonds is 5. The standard InChI is InChI=1S/C23H21ClN2O4/c24-17-11-9-15(10-12-17)14-30-20-8-4-1-5-16(20)13-19-21(27)25-23(29)26(22(19)28)18-6-2-3-7-18/h1,4-5,8-13,18H,2-3,6-7,14H2,(H,25,27,29)/b19-13+. The molecule has 2 fully saturated rings. The van der Waals surface area contributed by atoms with Gasteiger partial charge in [0.15, 0.2) is 0 Å². The van der Waals surface area contributed by atoms with Crippen LogP contribution in [0.5, 0.6) is 5.75 Å². The minimum Gasteiger partial charge on any atom is -0.488 e. The van der Waals surface area contributed by atoms with Crippen LogP contribution in [0.4, 0.5) is 4.79 Å². The van der Waals surface area contributed by atoms with Crippen LogP contribution in [0.3, 0.4) is 0 Å². The molecule has 1 heterocycles. The lowest BCUT2D eigenvalue weighted by atomic mass is 10.0. The molecule has 1 saturated heterocycles. The van der Waals surface area contributed by atoms with Crippen molar-refractivity contribution in [3.05, 3.63) is 70.3 Å². The predicted molar refractivity (Wildman–Crippen MR) is 113 cm³/mol. The summed E-state index contributed by atoms with van der Waals surface area (Å²) in [5.41, 5.74) is 1.46. The Morgan fingerprint density at radius 1 is 1.03 bits per heavy atom. The Bertz CT molecular complexity index is 1010. The number of carbonyl (C=O) groups is 3. The summed E-state index contributed by atoms with van der Waals surface area (Å²) in [6.07, 6.45) is 4.96. The normalized spacial score (nSPS) is 18.8. The van der Waals surface area contributed by atoms with E-state index in [1.807, 2.05) is 18.2 Å². The molecule has 1 aliphatic carbocycles. The first-order chi connectivity index (χ1) is 14.5. The molecule has 0 spiro atoms. The van der Waals surface area contributed by atoms with E-state index < -0.39 is 17.8 Å². The number of hydrogen-bond donors (Lipinski definition) is 1. The highest BCUT2D eigenvalue weighted by molar-refractivity contribution is 6.31. The zero-order valence-corrected chi connectivity index (χ0v) is 17.0. The molecule has 0 atom stereocenters. The summed E-state index contributed by atoms with van der Waals surface area (Å²) >= 11 is 5.91. The molecule has 30 heavy (non-hydrogen) atoms. The van der Waals surface area contributed by atoms with Gasteiger partial charge in [0.1, 0.15) is 17.9 Å². The molecule has 1 saturated carbocycles. The Hall–Kier alpha value is -3.12. The molecule has 0 bridgehead atoms. The van der Waals surface area contributed by atoms with Crippen LogP contribution in [0, 0.1) is 0 Å². The van der Waals surface area contributed by atoms with Crippen LogP contribution in [0.2, 0.25) is 5.02 Å². The number of carbonyl (C=O) groups excluding carboxylic acids is 3. The third kappa shape index (κ3) is 4.24. The fourth-order valence-corrected chi connectivity index (χ4v) is 3.92.